The van der Waals surface area contributed by atoms with E-state index in [1.54, 1.807) is 0 Å². The fourth-order valence-corrected chi connectivity index (χ4v) is 1.70. The number of aromatic nitrogens is 2. The van der Waals surface area contributed by atoms with Gasteiger partial charge < -0.3 is 20.0 Å². The van der Waals surface area contributed by atoms with E-state index in [2.05, 4.69) is 41.6 Å². The highest BCUT2D eigenvalue weighted by atomic mass is 16.4. The topological polar surface area (TPSA) is 66.2 Å². The van der Waals surface area contributed by atoms with Crippen LogP contribution in [0.3, 0.4) is 0 Å². The average Bonchev–Trinajstić information content (AvgIpc) is 2.83. The molecule has 0 aliphatic heterocycles. The van der Waals surface area contributed by atoms with E-state index >= 15 is 0 Å². The van der Waals surface area contributed by atoms with Gasteiger partial charge in [0.15, 0.2) is 0 Å². The molecule has 0 spiro atoms. The summed E-state index contributed by atoms with van der Waals surface area (Å²) in [6.45, 7) is 6.83. The zero-order chi connectivity index (χ0) is 15.5. The molecule has 21 heavy (non-hydrogen) atoms. The van der Waals surface area contributed by atoms with Gasteiger partial charge in [0.2, 0.25) is 5.89 Å². The maximum Gasteiger partial charge on any atom is 0.320 e. The summed E-state index contributed by atoms with van der Waals surface area (Å²) in [6, 6.07) is 8.41. The van der Waals surface area contributed by atoms with Gasteiger partial charge in [-0.15, -0.1) is 5.10 Å². The van der Waals surface area contributed by atoms with E-state index in [-0.39, 0.29) is 5.54 Å². The number of hydrogen-bond acceptors (Lipinski definition) is 6. The molecular formula is C15H23N5O. The van der Waals surface area contributed by atoms with Crippen LogP contribution in [0.1, 0.15) is 26.7 Å². The van der Waals surface area contributed by atoms with Crippen molar-refractivity contribution in [2.24, 2.45) is 0 Å². The molecule has 0 radical (unpaired) electrons. The van der Waals surface area contributed by atoms with Crippen LogP contribution in [0.15, 0.2) is 28.7 Å². The van der Waals surface area contributed by atoms with Crippen molar-refractivity contribution in [3.05, 3.63) is 30.2 Å². The number of rotatable bonds is 5. The first-order valence-electron chi connectivity index (χ1n) is 6.95. The van der Waals surface area contributed by atoms with Gasteiger partial charge in [0.05, 0.1) is 6.54 Å². The first-order chi connectivity index (χ1) is 9.83. The summed E-state index contributed by atoms with van der Waals surface area (Å²) >= 11 is 0. The van der Waals surface area contributed by atoms with Gasteiger partial charge in [-0.2, -0.15) is 0 Å². The highest BCUT2D eigenvalue weighted by molar-refractivity contribution is 5.60. The molecule has 0 saturated carbocycles. The second-order valence-electron chi connectivity index (χ2n) is 6.17. The van der Waals surface area contributed by atoms with Crippen LogP contribution in [0.2, 0.25) is 0 Å². The number of hydrogen-bond donors (Lipinski definition) is 2. The van der Waals surface area contributed by atoms with Gasteiger partial charge in [-0.05, 0) is 39.0 Å². The Morgan fingerprint density at radius 2 is 1.95 bits per heavy atom. The van der Waals surface area contributed by atoms with E-state index in [4.69, 9.17) is 4.42 Å². The van der Waals surface area contributed by atoms with Gasteiger partial charge in [0, 0.05) is 31.0 Å². The van der Waals surface area contributed by atoms with Gasteiger partial charge in [-0.3, -0.25) is 0 Å². The maximum absolute atomic E-state index is 5.57. The van der Waals surface area contributed by atoms with Crippen LogP contribution in [0.25, 0.3) is 0 Å². The molecule has 6 heteroatoms. The van der Waals surface area contributed by atoms with E-state index in [0.29, 0.717) is 18.5 Å². The Balaban J connectivity index is 2.00. The van der Waals surface area contributed by atoms with Crippen molar-refractivity contribution >= 4 is 17.4 Å². The third kappa shape index (κ3) is 4.75. The second-order valence-corrected chi connectivity index (χ2v) is 6.17. The average molecular weight is 289 g/mol. The smallest absolute Gasteiger partial charge is 0.320 e. The molecule has 0 amide bonds. The minimum absolute atomic E-state index is 0.0160. The lowest BCUT2D eigenvalue weighted by atomic mass is 10.1. The molecule has 114 valence electrons. The number of nitrogens with one attached hydrogen (secondary N) is 2. The fraction of sp³-hybridized carbons (Fsp3) is 0.467. The molecule has 1 aromatic heterocycles. The van der Waals surface area contributed by atoms with E-state index in [0.717, 1.165) is 11.4 Å². The Kier molecular flexibility index (Phi) is 4.47. The molecule has 0 unspecified atom stereocenters. The summed E-state index contributed by atoms with van der Waals surface area (Å²) in [5.41, 5.74) is 2.04. The van der Waals surface area contributed by atoms with E-state index in [9.17, 15) is 0 Å². The minimum atomic E-state index is 0.0160. The van der Waals surface area contributed by atoms with Crippen molar-refractivity contribution in [3.8, 4) is 0 Å². The quantitative estimate of drug-likeness (QED) is 0.882. The third-order valence-corrected chi connectivity index (χ3v) is 2.85. The van der Waals surface area contributed by atoms with Crippen LogP contribution >= 0.6 is 0 Å². The van der Waals surface area contributed by atoms with Gasteiger partial charge >= 0.3 is 6.01 Å². The number of nitrogens with zero attached hydrogens (tertiary/aromatic N) is 3. The van der Waals surface area contributed by atoms with Crippen molar-refractivity contribution in [1.29, 1.82) is 0 Å². The predicted molar refractivity (Wildman–Crippen MR) is 84.9 cm³/mol. The summed E-state index contributed by atoms with van der Waals surface area (Å²) in [6.07, 6.45) is 0. The fourth-order valence-electron chi connectivity index (χ4n) is 1.70. The van der Waals surface area contributed by atoms with Crippen LogP contribution in [-0.4, -0.2) is 29.8 Å². The highest BCUT2D eigenvalue weighted by Gasteiger charge is 2.12. The summed E-state index contributed by atoms with van der Waals surface area (Å²) in [5, 5.41) is 14.5. The highest BCUT2D eigenvalue weighted by Crippen LogP contribution is 2.20. The third-order valence-electron chi connectivity index (χ3n) is 2.85. The van der Waals surface area contributed by atoms with Gasteiger partial charge in [-0.25, -0.2) is 0 Å². The van der Waals surface area contributed by atoms with Gasteiger partial charge in [-0.1, -0.05) is 11.2 Å². The molecule has 0 fully saturated rings. The molecule has 0 aliphatic rings. The van der Waals surface area contributed by atoms with Crippen LogP contribution in [0.5, 0.6) is 0 Å². The summed E-state index contributed by atoms with van der Waals surface area (Å²) < 4.78 is 5.57. The Hall–Kier alpha value is -2.08. The Labute approximate surface area is 125 Å². The first-order valence-corrected chi connectivity index (χ1v) is 6.95. The molecule has 0 atom stereocenters. The molecule has 0 aliphatic carbocycles. The van der Waals surface area contributed by atoms with Crippen LogP contribution in [0, 0.1) is 0 Å². The molecule has 1 heterocycles. The van der Waals surface area contributed by atoms with Gasteiger partial charge in [0.25, 0.3) is 0 Å². The van der Waals surface area contributed by atoms with E-state index in [1.165, 1.54) is 0 Å². The monoisotopic (exact) mass is 289 g/mol. The zero-order valence-electron chi connectivity index (χ0n) is 13.3. The Morgan fingerprint density at radius 3 is 2.62 bits per heavy atom. The summed E-state index contributed by atoms with van der Waals surface area (Å²) in [5.74, 6) is 0.566. The molecule has 6 nitrogen and oxygen atoms in total. The Bertz CT molecular complexity index is 586. The molecule has 2 aromatic rings. The van der Waals surface area contributed by atoms with Crippen molar-refractivity contribution in [2.75, 3.05) is 24.3 Å². The van der Waals surface area contributed by atoms with Crippen LogP contribution in [-0.2, 0) is 6.54 Å². The van der Waals surface area contributed by atoms with Crippen LogP contribution in [0.4, 0.5) is 17.4 Å². The van der Waals surface area contributed by atoms with E-state index < -0.39 is 0 Å². The minimum Gasteiger partial charge on any atom is -0.406 e. The molecule has 0 bridgehead atoms. The standard InChI is InChI=1S/C15H23N5O/c1-15(2,3)16-10-13-18-19-14(21-13)17-11-7-6-8-12(9-11)20(4)5/h6-9,16H,10H2,1-5H3,(H,17,19). The second kappa shape index (κ2) is 6.13. The normalized spacial score (nSPS) is 11.5. The SMILES string of the molecule is CN(C)c1cccc(Nc2nnc(CNC(C)(C)C)o2)c1. The summed E-state index contributed by atoms with van der Waals surface area (Å²) in [7, 11) is 4.00. The lowest BCUT2D eigenvalue weighted by Gasteiger charge is -2.18. The predicted octanol–water partition coefficient (Wildman–Crippen LogP) is 2.77. The maximum atomic E-state index is 5.57. The lowest BCUT2D eigenvalue weighted by molar-refractivity contribution is 0.384. The number of benzene rings is 1. The molecule has 2 rings (SSSR count). The largest absolute Gasteiger partial charge is 0.406 e. The molecule has 1 aromatic carbocycles. The number of anilines is 3. The molecule has 0 saturated heterocycles. The summed E-state index contributed by atoms with van der Waals surface area (Å²) in [4.78, 5) is 2.04. The van der Waals surface area contributed by atoms with Crippen molar-refractivity contribution in [1.82, 2.24) is 15.5 Å². The first kappa shape index (κ1) is 15.3. The Morgan fingerprint density at radius 1 is 1.19 bits per heavy atom. The van der Waals surface area contributed by atoms with Gasteiger partial charge in [0.1, 0.15) is 0 Å². The van der Waals surface area contributed by atoms with Crippen molar-refractivity contribution < 1.29 is 4.42 Å². The molecule has 2 N–H and O–H groups in total. The van der Waals surface area contributed by atoms with E-state index in [1.807, 2.05) is 43.3 Å². The van der Waals surface area contributed by atoms with Crippen molar-refractivity contribution in [3.63, 3.8) is 0 Å². The molecular weight excluding hydrogens is 266 g/mol. The zero-order valence-corrected chi connectivity index (χ0v) is 13.3. The lowest BCUT2D eigenvalue weighted by Crippen LogP contribution is -2.35. The van der Waals surface area contributed by atoms with Crippen LogP contribution < -0.4 is 15.5 Å². The van der Waals surface area contributed by atoms with Crippen molar-refractivity contribution in [2.45, 2.75) is 32.9 Å².